The summed E-state index contributed by atoms with van der Waals surface area (Å²) in [7, 11) is 0. The summed E-state index contributed by atoms with van der Waals surface area (Å²) >= 11 is 0. The van der Waals surface area contributed by atoms with Crippen molar-refractivity contribution in [1.29, 1.82) is 0 Å². The first kappa shape index (κ1) is 13.6. The van der Waals surface area contributed by atoms with Gasteiger partial charge in [-0.05, 0) is 12.1 Å². The average Bonchev–Trinajstić information content (AvgIpc) is 2.88. The van der Waals surface area contributed by atoms with Gasteiger partial charge < -0.3 is 25.3 Å². The molecule has 0 saturated carbocycles. The van der Waals surface area contributed by atoms with Crippen LogP contribution in [0.15, 0.2) is 16.5 Å². The molecule has 1 aliphatic heterocycles. The lowest BCUT2D eigenvalue weighted by Gasteiger charge is -2.33. The van der Waals surface area contributed by atoms with Crippen LogP contribution < -0.4 is 11.1 Å². The van der Waals surface area contributed by atoms with Gasteiger partial charge in [0.05, 0.1) is 6.54 Å². The van der Waals surface area contributed by atoms with Gasteiger partial charge in [-0.2, -0.15) is 0 Å². The molecule has 2 rings (SSSR count). The van der Waals surface area contributed by atoms with Crippen molar-refractivity contribution in [2.24, 2.45) is 5.73 Å². The maximum atomic E-state index is 12.0. The van der Waals surface area contributed by atoms with Crippen LogP contribution in [0.3, 0.4) is 0 Å². The lowest BCUT2D eigenvalue weighted by molar-refractivity contribution is -0.148. The van der Waals surface area contributed by atoms with Crippen LogP contribution in [0.1, 0.15) is 29.2 Å². The summed E-state index contributed by atoms with van der Waals surface area (Å²) in [6.45, 7) is 0.794. The van der Waals surface area contributed by atoms with Gasteiger partial charge in [0.15, 0.2) is 5.76 Å². The van der Waals surface area contributed by atoms with E-state index >= 15 is 0 Å². The summed E-state index contributed by atoms with van der Waals surface area (Å²) in [4.78, 5) is 23.4. The summed E-state index contributed by atoms with van der Waals surface area (Å²) < 4.78 is 10.3. The highest BCUT2D eigenvalue weighted by Gasteiger charge is 2.42. The zero-order valence-electron chi connectivity index (χ0n) is 10.3. The molecule has 0 spiro atoms. The fourth-order valence-corrected chi connectivity index (χ4v) is 2.00. The van der Waals surface area contributed by atoms with Crippen molar-refractivity contribution in [3.8, 4) is 0 Å². The van der Waals surface area contributed by atoms with Crippen LogP contribution in [0.2, 0.25) is 0 Å². The molecule has 1 aliphatic rings. The number of ether oxygens (including phenoxy) is 1. The number of carboxylic acid groups (broad SMARTS) is 1. The van der Waals surface area contributed by atoms with Crippen molar-refractivity contribution in [2.45, 2.75) is 24.9 Å². The van der Waals surface area contributed by atoms with Gasteiger partial charge in [-0.1, -0.05) is 0 Å². The Morgan fingerprint density at radius 3 is 2.58 bits per heavy atom. The molecule has 0 bridgehead atoms. The lowest BCUT2D eigenvalue weighted by atomic mass is 9.90. The molecule has 104 valence electrons. The molecule has 1 saturated heterocycles. The number of carboxylic acids is 1. The van der Waals surface area contributed by atoms with Crippen molar-refractivity contribution in [2.75, 3.05) is 13.2 Å². The van der Waals surface area contributed by atoms with Crippen molar-refractivity contribution in [3.05, 3.63) is 23.7 Å². The third-order valence-electron chi connectivity index (χ3n) is 3.20. The Hall–Kier alpha value is -1.86. The fraction of sp³-hybridized carbons (Fsp3) is 0.500. The minimum Gasteiger partial charge on any atom is -0.480 e. The second-order valence-corrected chi connectivity index (χ2v) is 4.42. The number of furan rings is 1. The van der Waals surface area contributed by atoms with Crippen LogP contribution in [0, 0.1) is 0 Å². The van der Waals surface area contributed by atoms with E-state index < -0.39 is 17.4 Å². The third-order valence-corrected chi connectivity index (χ3v) is 3.20. The summed E-state index contributed by atoms with van der Waals surface area (Å²) in [5.41, 5.74) is 4.10. The predicted molar refractivity (Wildman–Crippen MR) is 64.5 cm³/mol. The molecule has 0 aromatic carbocycles. The first-order valence-corrected chi connectivity index (χ1v) is 6.00. The van der Waals surface area contributed by atoms with Gasteiger partial charge in [0.2, 0.25) is 0 Å². The third kappa shape index (κ3) is 2.77. The second-order valence-electron chi connectivity index (χ2n) is 4.42. The molecule has 4 N–H and O–H groups in total. The summed E-state index contributed by atoms with van der Waals surface area (Å²) in [6.07, 6.45) is 0.469. The Bertz CT molecular complexity index is 476. The van der Waals surface area contributed by atoms with E-state index in [4.69, 9.17) is 14.9 Å². The van der Waals surface area contributed by atoms with Gasteiger partial charge in [-0.15, -0.1) is 0 Å². The Balaban J connectivity index is 2.12. The van der Waals surface area contributed by atoms with E-state index in [1.54, 1.807) is 6.07 Å². The molecule has 2 heterocycles. The minimum atomic E-state index is -1.29. The van der Waals surface area contributed by atoms with E-state index in [-0.39, 0.29) is 25.1 Å². The van der Waals surface area contributed by atoms with Gasteiger partial charge in [-0.3, -0.25) is 4.79 Å². The zero-order valence-corrected chi connectivity index (χ0v) is 10.3. The summed E-state index contributed by atoms with van der Waals surface area (Å²) in [5, 5.41) is 11.8. The first-order chi connectivity index (χ1) is 9.07. The minimum absolute atomic E-state index is 0.0626. The molecule has 0 atom stereocenters. The van der Waals surface area contributed by atoms with E-state index in [1.807, 2.05) is 0 Å². The van der Waals surface area contributed by atoms with Crippen molar-refractivity contribution in [3.63, 3.8) is 0 Å². The Labute approximate surface area is 109 Å². The van der Waals surface area contributed by atoms with Crippen molar-refractivity contribution in [1.82, 2.24) is 5.32 Å². The maximum absolute atomic E-state index is 12.0. The number of carbonyl (C=O) groups is 2. The molecular weight excluding hydrogens is 252 g/mol. The first-order valence-electron chi connectivity index (χ1n) is 6.00. The van der Waals surface area contributed by atoms with Crippen LogP contribution in [0.25, 0.3) is 0 Å². The van der Waals surface area contributed by atoms with Gasteiger partial charge in [0.25, 0.3) is 5.91 Å². The predicted octanol–water partition coefficient (Wildman–Crippen LogP) is 0.102. The lowest BCUT2D eigenvalue weighted by Crippen LogP contribution is -2.57. The summed E-state index contributed by atoms with van der Waals surface area (Å²) in [5.74, 6) is -1.08. The molecular formula is C12H16N2O5. The van der Waals surface area contributed by atoms with Crippen LogP contribution in [-0.4, -0.2) is 35.7 Å². The Morgan fingerprint density at radius 2 is 2.05 bits per heavy atom. The number of nitrogens with one attached hydrogen (secondary N) is 1. The monoisotopic (exact) mass is 268 g/mol. The average molecular weight is 268 g/mol. The Kier molecular flexibility index (Phi) is 3.87. The smallest absolute Gasteiger partial charge is 0.329 e. The Morgan fingerprint density at radius 1 is 1.37 bits per heavy atom. The number of hydrogen-bond acceptors (Lipinski definition) is 5. The van der Waals surface area contributed by atoms with Gasteiger partial charge in [0.1, 0.15) is 11.3 Å². The topological polar surface area (TPSA) is 115 Å². The molecule has 1 aromatic rings. The standard InChI is InChI=1S/C12H16N2O5/c13-7-8-1-2-9(19-8)10(15)14-12(11(16)17)3-5-18-6-4-12/h1-2H,3-7,13H2,(H,14,15)(H,16,17). The van der Waals surface area contributed by atoms with E-state index in [2.05, 4.69) is 5.32 Å². The molecule has 19 heavy (non-hydrogen) atoms. The van der Waals surface area contributed by atoms with Crippen LogP contribution >= 0.6 is 0 Å². The molecule has 1 amide bonds. The maximum Gasteiger partial charge on any atom is 0.329 e. The van der Waals surface area contributed by atoms with E-state index in [0.717, 1.165) is 0 Å². The van der Waals surface area contributed by atoms with E-state index in [1.165, 1.54) is 6.07 Å². The number of nitrogens with two attached hydrogens (primary N) is 1. The second kappa shape index (κ2) is 5.41. The highest BCUT2D eigenvalue weighted by atomic mass is 16.5. The number of rotatable bonds is 4. The van der Waals surface area contributed by atoms with E-state index in [0.29, 0.717) is 19.0 Å². The normalized spacial score (nSPS) is 17.9. The largest absolute Gasteiger partial charge is 0.480 e. The van der Waals surface area contributed by atoms with Gasteiger partial charge >= 0.3 is 5.97 Å². The summed E-state index contributed by atoms with van der Waals surface area (Å²) in [6, 6.07) is 3.07. The van der Waals surface area contributed by atoms with Gasteiger partial charge in [0, 0.05) is 26.1 Å². The fourth-order valence-electron chi connectivity index (χ4n) is 2.00. The highest BCUT2D eigenvalue weighted by molar-refractivity contribution is 5.95. The molecule has 0 aliphatic carbocycles. The number of hydrogen-bond donors (Lipinski definition) is 3. The number of carbonyl (C=O) groups excluding carboxylic acids is 1. The van der Waals surface area contributed by atoms with Crippen molar-refractivity contribution < 1.29 is 23.8 Å². The van der Waals surface area contributed by atoms with Crippen LogP contribution in [0.5, 0.6) is 0 Å². The number of amides is 1. The van der Waals surface area contributed by atoms with E-state index in [9.17, 15) is 14.7 Å². The number of aliphatic carboxylic acids is 1. The molecule has 0 radical (unpaired) electrons. The highest BCUT2D eigenvalue weighted by Crippen LogP contribution is 2.22. The van der Waals surface area contributed by atoms with Gasteiger partial charge in [-0.25, -0.2) is 4.79 Å². The molecule has 7 heteroatoms. The zero-order chi connectivity index (χ0) is 13.9. The molecule has 1 fully saturated rings. The molecule has 7 nitrogen and oxygen atoms in total. The van der Waals surface area contributed by atoms with Crippen LogP contribution in [0.4, 0.5) is 0 Å². The SMILES string of the molecule is NCc1ccc(C(=O)NC2(C(=O)O)CCOCC2)o1. The molecule has 0 unspecified atom stereocenters. The molecule has 1 aromatic heterocycles. The quantitative estimate of drug-likeness (QED) is 0.713. The van der Waals surface area contributed by atoms with Crippen molar-refractivity contribution >= 4 is 11.9 Å². The van der Waals surface area contributed by atoms with Crippen LogP contribution in [-0.2, 0) is 16.1 Å².